The van der Waals surface area contributed by atoms with Gasteiger partial charge in [0.05, 0.1) is 11.9 Å². The van der Waals surface area contributed by atoms with Crippen molar-refractivity contribution in [3.63, 3.8) is 0 Å². The van der Waals surface area contributed by atoms with E-state index in [1.165, 1.54) is 12.3 Å². The minimum Gasteiger partial charge on any atom is -0.490 e. The maximum atomic E-state index is 13.8. The van der Waals surface area contributed by atoms with E-state index in [-0.39, 0.29) is 18.1 Å². The van der Waals surface area contributed by atoms with Crippen LogP contribution in [0.3, 0.4) is 0 Å². The molecule has 1 aliphatic rings. The lowest BCUT2D eigenvalue weighted by atomic mass is 9.92. The topological polar surface area (TPSA) is 54.9 Å². The van der Waals surface area contributed by atoms with E-state index < -0.39 is 11.4 Å². The summed E-state index contributed by atoms with van der Waals surface area (Å²) in [6.45, 7) is 9.35. The summed E-state index contributed by atoms with van der Waals surface area (Å²) < 4.78 is 25.2. The van der Waals surface area contributed by atoms with Crippen LogP contribution < -0.4 is 4.74 Å². The van der Waals surface area contributed by atoms with Gasteiger partial charge >= 0.3 is 6.09 Å². The summed E-state index contributed by atoms with van der Waals surface area (Å²) in [4.78, 5) is 20.4. The van der Waals surface area contributed by atoms with E-state index in [1.807, 2.05) is 34.9 Å². The number of halogens is 1. The molecule has 0 unspecified atom stereocenters. The van der Waals surface area contributed by atoms with E-state index in [4.69, 9.17) is 9.47 Å². The molecule has 28 heavy (non-hydrogen) atoms. The molecule has 1 saturated heterocycles. The molecule has 0 radical (unpaired) electrons. The van der Waals surface area contributed by atoms with E-state index in [0.29, 0.717) is 25.4 Å². The number of aromatic nitrogens is 1. The second kappa shape index (κ2) is 9.54. The molecule has 0 aliphatic carbocycles. The third kappa shape index (κ3) is 6.33. The first kappa shape index (κ1) is 22.4. The molecule has 1 atom stereocenters. The number of rotatable bonds is 6. The average molecular weight is 396 g/mol. The number of pyridine rings is 1. The highest BCUT2D eigenvalue weighted by atomic mass is 19.1. The third-order valence-corrected chi connectivity index (χ3v) is 5.01. The molecular weight excluding hydrogens is 361 g/mol. The van der Waals surface area contributed by atoms with Gasteiger partial charge in [0, 0.05) is 31.1 Å². The number of nitrogens with zero attached hydrogens (tertiary/aromatic N) is 3. The summed E-state index contributed by atoms with van der Waals surface area (Å²) in [5.74, 6) is 0.243. The second-order valence-electron chi connectivity index (χ2n) is 8.62. The Morgan fingerprint density at radius 1 is 1.36 bits per heavy atom. The first-order chi connectivity index (χ1) is 13.1. The van der Waals surface area contributed by atoms with Gasteiger partial charge < -0.3 is 19.3 Å². The molecule has 1 aromatic rings. The maximum absolute atomic E-state index is 13.8. The highest BCUT2D eigenvalue weighted by molar-refractivity contribution is 5.68. The smallest absolute Gasteiger partial charge is 0.410 e. The van der Waals surface area contributed by atoms with Crippen molar-refractivity contribution in [2.24, 2.45) is 0 Å². The van der Waals surface area contributed by atoms with Gasteiger partial charge in [0.25, 0.3) is 0 Å². The zero-order chi connectivity index (χ0) is 20.9. The summed E-state index contributed by atoms with van der Waals surface area (Å²) >= 11 is 0. The lowest BCUT2D eigenvalue weighted by Crippen LogP contribution is -2.41. The van der Waals surface area contributed by atoms with Crippen LogP contribution >= 0.6 is 0 Å². The Labute approximate surface area is 168 Å². The zero-order valence-electron chi connectivity index (χ0n) is 18.0. The molecule has 2 rings (SSSR count). The highest BCUT2D eigenvalue weighted by Crippen LogP contribution is 2.33. The fraction of sp³-hybridized carbons (Fsp3) is 0.714. The summed E-state index contributed by atoms with van der Waals surface area (Å²) in [6.07, 6.45) is 3.40. The van der Waals surface area contributed by atoms with Crippen molar-refractivity contribution >= 4 is 6.09 Å². The fourth-order valence-electron chi connectivity index (χ4n) is 3.33. The SMILES string of the molecule is CC[C@H](COc1cc(F)cnc1C1CCN(C(=O)OC(C)(C)C)CC1)N(C)C. The largest absolute Gasteiger partial charge is 0.490 e. The molecule has 2 heterocycles. The number of ether oxygens (including phenoxy) is 2. The fourth-order valence-corrected chi connectivity index (χ4v) is 3.33. The second-order valence-corrected chi connectivity index (χ2v) is 8.62. The molecule has 1 amide bonds. The molecule has 0 bridgehead atoms. The number of likely N-dealkylation sites (tertiary alicyclic amines) is 1. The predicted molar refractivity (Wildman–Crippen MR) is 107 cm³/mol. The van der Waals surface area contributed by atoms with Crippen molar-refractivity contribution in [3.8, 4) is 5.75 Å². The molecule has 6 nitrogen and oxygen atoms in total. The molecule has 1 aliphatic heterocycles. The molecule has 158 valence electrons. The Hall–Kier alpha value is -1.89. The molecule has 0 aromatic carbocycles. The van der Waals surface area contributed by atoms with E-state index in [9.17, 15) is 9.18 Å². The Morgan fingerprint density at radius 2 is 2.00 bits per heavy atom. The number of hydrogen-bond donors (Lipinski definition) is 0. The maximum Gasteiger partial charge on any atom is 0.410 e. The van der Waals surface area contributed by atoms with E-state index in [0.717, 1.165) is 25.0 Å². The number of likely N-dealkylation sites (N-methyl/N-ethyl adjacent to an activating group) is 1. The number of hydrogen-bond acceptors (Lipinski definition) is 5. The summed E-state index contributed by atoms with van der Waals surface area (Å²) in [5.41, 5.74) is 0.272. The normalized spacial score (nSPS) is 16.9. The van der Waals surface area contributed by atoms with Crippen molar-refractivity contribution in [1.82, 2.24) is 14.8 Å². The first-order valence-corrected chi connectivity index (χ1v) is 10.0. The molecule has 1 fully saturated rings. The van der Waals surface area contributed by atoms with E-state index in [2.05, 4.69) is 16.8 Å². The summed E-state index contributed by atoms with van der Waals surface area (Å²) in [5, 5.41) is 0. The van der Waals surface area contributed by atoms with Crippen LogP contribution in [-0.2, 0) is 4.74 Å². The first-order valence-electron chi connectivity index (χ1n) is 10.0. The van der Waals surface area contributed by atoms with Gasteiger partial charge in [-0.1, -0.05) is 6.92 Å². The van der Waals surface area contributed by atoms with Gasteiger partial charge in [-0.3, -0.25) is 4.98 Å². The lowest BCUT2D eigenvalue weighted by Gasteiger charge is -2.33. The number of carbonyl (C=O) groups is 1. The van der Waals surface area contributed by atoms with Gasteiger partial charge in [0.1, 0.15) is 23.8 Å². The van der Waals surface area contributed by atoms with Crippen molar-refractivity contribution in [3.05, 3.63) is 23.8 Å². The van der Waals surface area contributed by atoms with Gasteiger partial charge in [-0.05, 0) is 54.1 Å². The van der Waals surface area contributed by atoms with Gasteiger partial charge in [0.15, 0.2) is 0 Å². The van der Waals surface area contributed by atoms with Crippen molar-refractivity contribution < 1.29 is 18.7 Å². The highest BCUT2D eigenvalue weighted by Gasteiger charge is 2.29. The molecule has 7 heteroatoms. The van der Waals surface area contributed by atoms with Gasteiger partial charge in [-0.15, -0.1) is 0 Å². The van der Waals surface area contributed by atoms with Crippen LogP contribution in [0.1, 0.15) is 58.6 Å². The summed E-state index contributed by atoms with van der Waals surface area (Å²) in [7, 11) is 4.02. The Balaban J connectivity index is 2.03. The van der Waals surface area contributed by atoms with Crippen molar-refractivity contribution in [2.45, 2.75) is 64.5 Å². The van der Waals surface area contributed by atoms with E-state index in [1.54, 1.807) is 4.90 Å². The van der Waals surface area contributed by atoms with Crippen LogP contribution in [0.15, 0.2) is 12.3 Å². The van der Waals surface area contributed by atoms with Crippen LogP contribution in [-0.4, -0.2) is 66.3 Å². The molecule has 0 saturated carbocycles. The standard InChI is InChI=1S/C21H34FN3O3/c1-7-17(24(5)6)14-27-18-12-16(22)13-23-19(18)15-8-10-25(11-9-15)20(26)28-21(2,3)4/h12-13,15,17H,7-11,14H2,1-6H3/t17-/m1/s1. The average Bonchev–Trinajstić information content (AvgIpc) is 2.61. The monoisotopic (exact) mass is 395 g/mol. The van der Waals surface area contributed by atoms with Crippen LogP contribution in [0.25, 0.3) is 0 Å². The van der Waals surface area contributed by atoms with Crippen LogP contribution in [0, 0.1) is 5.82 Å². The van der Waals surface area contributed by atoms with Crippen molar-refractivity contribution in [2.75, 3.05) is 33.8 Å². The quantitative estimate of drug-likeness (QED) is 0.727. The minimum atomic E-state index is -0.504. The van der Waals surface area contributed by atoms with Crippen LogP contribution in [0.2, 0.25) is 0 Å². The Morgan fingerprint density at radius 3 is 2.54 bits per heavy atom. The lowest BCUT2D eigenvalue weighted by molar-refractivity contribution is 0.0203. The minimum absolute atomic E-state index is 0.133. The Bertz CT molecular complexity index is 653. The van der Waals surface area contributed by atoms with Gasteiger partial charge in [0.2, 0.25) is 0 Å². The number of piperidine rings is 1. The zero-order valence-corrected chi connectivity index (χ0v) is 18.0. The number of carbonyl (C=O) groups excluding carboxylic acids is 1. The molecular formula is C21H34FN3O3. The summed E-state index contributed by atoms with van der Waals surface area (Å²) in [6, 6.07) is 1.68. The molecule has 0 N–H and O–H groups in total. The predicted octanol–water partition coefficient (Wildman–Crippen LogP) is 4.05. The Kier molecular flexibility index (Phi) is 7.63. The van der Waals surface area contributed by atoms with Crippen molar-refractivity contribution in [1.29, 1.82) is 0 Å². The molecule has 0 spiro atoms. The number of amides is 1. The van der Waals surface area contributed by atoms with Gasteiger partial charge in [-0.2, -0.15) is 0 Å². The van der Waals surface area contributed by atoms with Crippen LogP contribution in [0.5, 0.6) is 5.75 Å². The van der Waals surface area contributed by atoms with Crippen LogP contribution in [0.4, 0.5) is 9.18 Å². The molecule has 1 aromatic heterocycles. The van der Waals surface area contributed by atoms with E-state index >= 15 is 0 Å². The third-order valence-electron chi connectivity index (χ3n) is 5.01. The van der Waals surface area contributed by atoms with Gasteiger partial charge in [-0.25, -0.2) is 9.18 Å².